The number of ether oxygens (including phenoxy) is 1. The fraction of sp³-hybridized carbons (Fsp3) is 0.857. The summed E-state index contributed by atoms with van der Waals surface area (Å²) in [6.45, 7) is 2.43. The lowest BCUT2D eigenvalue weighted by molar-refractivity contribution is -0.255. The number of hydrogen-bond donors (Lipinski definition) is 8. The Morgan fingerprint density at radius 1 is 1.00 bits per heavy atom. The maximum atomic E-state index is 11.0. The molecule has 0 bridgehead atoms. The highest BCUT2D eigenvalue weighted by molar-refractivity contribution is 5.77. The molecule has 11 heteroatoms. The van der Waals surface area contributed by atoms with Crippen LogP contribution in [0.25, 0.3) is 0 Å². The highest BCUT2D eigenvalue weighted by Gasteiger charge is 2.48. The van der Waals surface area contributed by atoms with Crippen LogP contribution in [0.5, 0.6) is 0 Å². The van der Waals surface area contributed by atoms with Crippen LogP contribution in [0.1, 0.15) is 13.8 Å². The van der Waals surface area contributed by atoms with Crippen LogP contribution in [0.2, 0.25) is 0 Å². The fourth-order valence-corrected chi connectivity index (χ4v) is 2.61. The molecule has 25 heavy (non-hydrogen) atoms. The van der Waals surface area contributed by atoms with E-state index in [1.54, 1.807) is 0 Å². The smallest absolute Gasteiger partial charge is 0.217 e. The number of amides is 1. The third-order valence-corrected chi connectivity index (χ3v) is 4.16. The van der Waals surface area contributed by atoms with E-state index in [9.17, 15) is 45.3 Å². The number of aliphatic hydroxyl groups is 7. The van der Waals surface area contributed by atoms with Crippen LogP contribution in [-0.2, 0) is 14.3 Å². The number of carbonyl (C=O) groups excluding carboxylic acids is 2. The van der Waals surface area contributed by atoms with Crippen LogP contribution in [-0.4, -0.2) is 109 Å². The maximum absolute atomic E-state index is 11.0. The van der Waals surface area contributed by atoms with E-state index < -0.39 is 66.9 Å². The standard InChI is InChI=1S/C14H25NO10/c1-4-7(18)9(20)12(23)14(25-4)13(24)11(22)10(21)8(19)6(3-16)15-5(2)17/h3-4,6-14,18-24H,1-2H3,(H,15,17)/t4-,6+,7+,8-,9+,10+,11+,12-,13?,14?/m1/s1. The molecule has 1 rings (SSSR count). The molecule has 0 aromatic carbocycles. The lowest BCUT2D eigenvalue weighted by atomic mass is 9.88. The molecule has 1 saturated heterocycles. The molecular weight excluding hydrogens is 342 g/mol. The second kappa shape index (κ2) is 8.96. The Balaban J connectivity index is 2.84. The molecule has 8 N–H and O–H groups in total. The van der Waals surface area contributed by atoms with Gasteiger partial charge in [0.15, 0.2) is 0 Å². The Morgan fingerprint density at radius 3 is 2.04 bits per heavy atom. The van der Waals surface area contributed by atoms with Crippen LogP contribution < -0.4 is 5.32 Å². The maximum Gasteiger partial charge on any atom is 0.217 e. The van der Waals surface area contributed by atoms with Gasteiger partial charge in [-0.25, -0.2) is 0 Å². The van der Waals surface area contributed by atoms with Gasteiger partial charge in [0.25, 0.3) is 0 Å². The van der Waals surface area contributed by atoms with Gasteiger partial charge in [0.05, 0.1) is 6.10 Å². The zero-order chi connectivity index (χ0) is 19.5. The van der Waals surface area contributed by atoms with Crippen molar-refractivity contribution in [2.75, 3.05) is 0 Å². The number of nitrogens with one attached hydrogen (secondary N) is 1. The van der Waals surface area contributed by atoms with Crippen molar-refractivity contribution in [1.29, 1.82) is 0 Å². The lowest BCUT2D eigenvalue weighted by Crippen LogP contribution is -2.64. The van der Waals surface area contributed by atoms with Gasteiger partial charge in [0.2, 0.25) is 5.91 Å². The minimum Gasteiger partial charge on any atom is -0.388 e. The number of aldehydes is 1. The summed E-state index contributed by atoms with van der Waals surface area (Å²) >= 11 is 0. The molecule has 1 amide bonds. The van der Waals surface area contributed by atoms with Gasteiger partial charge in [0.1, 0.15) is 61.2 Å². The summed E-state index contributed by atoms with van der Waals surface area (Å²) in [6, 6.07) is -1.54. The normalized spacial score (nSPS) is 36.0. The molecule has 0 aromatic rings. The average molecular weight is 367 g/mol. The summed E-state index contributed by atoms with van der Waals surface area (Å²) < 4.78 is 5.14. The zero-order valence-electron chi connectivity index (χ0n) is 13.7. The topological polar surface area (TPSA) is 197 Å². The van der Waals surface area contributed by atoms with Crippen molar-refractivity contribution in [2.45, 2.75) is 74.8 Å². The van der Waals surface area contributed by atoms with E-state index in [4.69, 9.17) is 4.74 Å². The summed E-state index contributed by atoms with van der Waals surface area (Å²) in [5.41, 5.74) is 0. The molecule has 0 aliphatic carbocycles. The van der Waals surface area contributed by atoms with E-state index >= 15 is 0 Å². The van der Waals surface area contributed by atoms with E-state index in [2.05, 4.69) is 0 Å². The molecule has 0 aromatic heterocycles. The SMILES string of the molecule is CC(=O)N[C@@H](C=O)[C@@H](O)[C@H](O)[C@H](O)C(O)C1O[C@H](C)[C@H](O)[C@H](O)[C@H]1O. The first kappa shape index (κ1) is 21.9. The van der Waals surface area contributed by atoms with Gasteiger partial charge in [-0.1, -0.05) is 0 Å². The predicted molar refractivity (Wildman–Crippen MR) is 80.1 cm³/mol. The monoisotopic (exact) mass is 367 g/mol. The Morgan fingerprint density at radius 2 is 1.56 bits per heavy atom. The molecule has 0 radical (unpaired) electrons. The van der Waals surface area contributed by atoms with Gasteiger partial charge < -0.3 is 50.6 Å². The molecule has 1 heterocycles. The van der Waals surface area contributed by atoms with Crippen LogP contribution in [0.4, 0.5) is 0 Å². The second-order valence-corrected chi connectivity index (χ2v) is 6.10. The Kier molecular flexibility index (Phi) is 7.84. The minimum atomic E-state index is -2.10. The summed E-state index contributed by atoms with van der Waals surface area (Å²) in [5.74, 6) is -0.671. The summed E-state index contributed by atoms with van der Waals surface area (Å²) in [5, 5.41) is 71.2. The Hall–Kier alpha value is -1.18. The first-order chi connectivity index (χ1) is 11.5. The number of aliphatic hydroxyl groups excluding tert-OH is 7. The van der Waals surface area contributed by atoms with Crippen molar-refractivity contribution in [2.24, 2.45) is 0 Å². The first-order valence-electron chi connectivity index (χ1n) is 7.67. The van der Waals surface area contributed by atoms with E-state index in [1.807, 2.05) is 5.32 Å². The van der Waals surface area contributed by atoms with Crippen LogP contribution >= 0.6 is 0 Å². The molecule has 146 valence electrons. The molecule has 10 atom stereocenters. The minimum absolute atomic E-state index is 0.141. The summed E-state index contributed by atoms with van der Waals surface area (Å²) in [6.07, 6.45) is -15.4. The van der Waals surface area contributed by atoms with Gasteiger partial charge in [-0.2, -0.15) is 0 Å². The van der Waals surface area contributed by atoms with Gasteiger partial charge in [-0.05, 0) is 6.92 Å². The third-order valence-electron chi connectivity index (χ3n) is 4.16. The number of hydrogen-bond acceptors (Lipinski definition) is 10. The van der Waals surface area contributed by atoms with Crippen LogP contribution in [0, 0.1) is 0 Å². The molecule has 1 fully saturated rings. The summed E-state index contributed by atoms with van der Waals surface area (Å²) in [4.78, 5) is 21.9. The van der Waals surface area contributed by atoms with E-state index in [1.165, 1.54) is 6.92 Å². The van der Waals surface area contributed by atoms with Crippen molar-refractivity contribution < 1.29 is 50.1 Å². The van der Waals surface area contributed by atoms with E-state index in [0.29, 0.717) is 0 Å². The Bertz CT molecular complexity index is 463. The molecule has 11 nitrogen and oxygen atoms in total. The van der Waals surface area contributed by atoms with Gasteiger partial charge in [-0.15, -0.1) is 0 Å². The van der Waals surface area contributed by atoms with E-state index in [-0.39, 0.29) is 6.29 Å². The Labute approximate surface area is 143 Å². The molecule has 2 unspecified atom stereocenters. The second-order valence-electron chi connectivity index (χ2n) is 6.10. The van der Waals surface area contributed by atoms with Crippen LogP contribution in [0.3, 0.4) is 0 Å². The number of rotatable bonds is 7. The number of carbonyl (C=O) groups is 2. The van der Waals surface area contributed by atoms with E-state index in [0.717, 1.165) is 6.92 Å². The molecule has 0 saturated carbocycles. The van der Waals surface area contributed by atoms with Gasteiger partial charge in [0, 0.05) is 6.92 Å². The van der Waals surface area contributed by atoms with Gasteiger partial charge >= 0.3 is 0 Å². The van der Waals surface area contributed by atoms with Gasteiger partial charge in [-0.3, -0.25) is 4.79 Å². The third kappa shape index (κ3) is 4.92. The predicted octanol–water partition coefficient (Wildman–Crippen LogP) is -5.00. The molecule has 0 spiro atoms. The fourth-order valence-electron chi connectivity index (χ4n) is 2.61. The van der Waals surface area contributed by atoms with Crippen molar-refractivity contribution in [3.8, 4) is 0 Å². The summed E-state index contributed by atoms with van der Waals surface area (Å²) in [7, 11) is 0. The largest absolute Gasteiger partial charge is 0.388 e. The van der Waals surface area contributed by atoms with Crippen molar-refractivity contribution in [1.82, 2.24) is 5.32 Å². The molecule has 1 aliphatic heterocycles. The molecule has 1 aliphatic rings. The highest BCUT2D eigenvalue weighted by atomic mass is 16.5. The van der Waals surface area contributed by atoms with Crippen molar-refractivity contribution in [3.05, 3.63) is 0 Å². The van der Waals surface area contributed by atoms with Crippen molar-refractivity contribution in [3.63, 3.8) is 0 Å². The quantitative estimate of drug-likeness (QED) is 0.202. The van der Waals surface area contributed by atoms with Crippen LogP contribution in [0.15, 0.2) is 0 Å². The first-order valence-corrected chi connectivity index (χ1v) is 7.67. The molecular formula is C14H25NO10. The average Bonchev–Trinajstić information content (AvgIpc) is 2.58. The van der Waals surface area contributed by atoms with Crippen molar-refractivity contribution >= 4 is 12.2 Å². The zero-order valence-corrected chi connectivity index (χ0v) is 13.7. The highest BCUT2D eigenvalue weighted by Crippen LogP contribution is 2.25. The lowest BCUT2D eigenvalue weighted by Gasteiger charge is -2.43.